The molecule has 3 aromatic carbocycles. The van der Waals surface area contributed by atoms with E-state index in [1.54, 1.807) is 11.7 Å². The van der Waals surface area contributed by atoms with Gasteiger partial charge in [0.2, 0.25) is 0 Å². The molecule has 0 bridgehead atoms. The van der Waals surface area contributed by atoms with Crippen molar-refractivity contribution < 1.29 is 9.64 Å². The van der Waals surface area contributed by atoms with Crippen LogP contribution in [-0.2, 0) is 6.54 Å². The zero-order valence-corrected chi connectivity index (χ0v) is 20.0. The van der Waals surface area contributed by atoms with Crippen molar-refractivity contribution in [3.63, 3.8) is 0 Å². The molecule has 0 spiro atoms. The van der Waals surface area contributed by atoms with Gasteiger partial charge in [-0.25, -0.2) is 4.98 Å². The summed E-state index contributed by atoms with van der Waals surface area (Å²) in [6.07, 6.45) is 0. The van der Waals surface area contributed by atoms with Gasteiger partial charge in [0.05, 0.1) is 49.4 Å². The molecule has 5 rings (SSSR count). The van der Waals surface area contributed by atoms with E-state index in [1.165, 1.54) is 16.2 Å². The zero-order valence-electron chi connectivity index (χ0n) is 20.0. The third-order valence-electron chi connectivity index (χ3n) is 6.77. The summed E-state index contributed by atoms with van der Waals surface area (Å²) in [5, 5.41) is 0.615. The van der Waals surface area contributed by atoms with E-state index in [2.05, 4.69) is 43.0 Å². The van der Waals surface area contributed by atoms with Crippen molar-refractivity contribution >= 4 is 16.6 Å². The van der Waals surface area contributed by atoms with Crippen LogP contribution in [0.3, 0.4) is 0 Å². The fourth-order valence-corrected chi connectivity index (χ4v) is 4.99. The Labute approximate surface area is 200 Å². The number of para-hydroxylation sites is 3. The Morgan fingerprint density at radius 1 is 1.03 bits per heavy atom. The molecule has 1 unspecified atom stereocenters. The van der Waals surface area contributed by atoms with Crippen LogP contribution in [0.2, 0.25) is 0 Å². The van der Waals surface area contributed by atoms with Crippen LogP contribution in [0.1, 0.15) is 18.3 Å². The number of aromatic nitrogens is 2. The Balaban J connectivity index is 1.49. The van der Waals surface area contributed by atoms with Gasteiger partial charge < -0.3 is 14.5 Å². The Morgan fingerprint density at radius 3 is 2.53 bits per heavy atom. The Bertz CT molecular complexity index is 1360. The largest absolute Gasteiger partial charge is 0.495 e. The number of hydrogen-bond donors (Lipinski definition) is 1. The molecule has 1 fully saturated rings. The van der Waals surface area contributed by atoms with E-state index in [4.69, 9.17) is 9.72 Å². The maximum Gasteiger partial charge on any atom is 0.266 e. The minimum atomic E-state index is -0.0594. The summed E-state index contributed by atoms with van der Waals surface area (Å²) in [6.45, 7) is 7.98. The Morgan fingerprint density at radius 2 is 1.76 bits per heavy atom. The highest BCUT2D eigenvalue weighted by Crippen LogP contribution is 2.23. The van der Waals surface area contributed by atoms with E-state index in [-0.39, 0.29) is 5.56 Å². The lowest BCUT2D eigenvalue weighted by molar-refractivity contribution is -0.917. The van der Waals surface area contributed by atoms with Gasteiger partial charge in [0.15, 0.2) is 5.82 Å². The van der Waals surface area contributed by atoms with Crippen molar-refractivity contribution in [2.24, 2.45) is 0 Å². The molecule has 0 saturated carbocycles. The molecule has 174 valence electrons. The molecule has 1 aromatic heterocycles. The molecule has 1 aliphatic rings. The average molecular weight is 456 g/mol. The van der Waals surface area contributed by atoms with Crippen LogP contribution in [0.25, 0.3) is 16.6 Å². The van der Waals surface area contributed by atoms with Crippen molar-refractivity contribution in [3.05, 3.63) is 94.5 Å². The van der Waals surface area contributed by atoms with Crippen molar-refractivity contribution in [1.29, 1.82) is 0 Å². The second-order valence-electron chi connectivity index (χ2n) is 9.12. The molecule has 2 heterocycles. The highest BCUT2D eigenvalue weighted by molar-refractivity contribution is 5.78. The SMILES string of the molecule is COc1ccccc1-n1c(C[NH+]2CCN(c3ccc(C)cc3)[C@@H](C)C2)nc2ccccc2c1=O. The Hall–Kier alpha value is -3.64. The number of rotatable bonds is 5. The van der Waals surface area contributed by atoms with Gasteiger partial charge in [0, 0.05) is 5.69 Å². The first-order valence-corrected chi connectivity index (χ1v) is 11.9. The Kier molecular flexibility index (Phi) is 6.07. The number of nitrogens with zero attached hydrogens (tertiary/aromatic N) is 3. The summed E-state index contributed by atoms with van der Waals surface area (Å²) in [6, 6.07) is 24.4. The van der Waals surface area contributed by atoms with Gasteiger partial charge in [-0.1, -0.05) is 42.0 Å². The van der Waals surface area contributed by atoms with Crippen molar-refractivity contribution in [2.45, 2.75) is 26.4 Å². The van der Waals surface area contributed by atoms with Gasteiger partial charge in [-0.05, 0) is 50.2 Å². The van der Waals surface area contributed by atoms with Gasteiger partial charge in [-0.15, -0.1) is 0 Å². The van der Waals surface area contributed by atoms with E-state index in [9.17, 15) is 4.79 Å². The quantitative estimate of drug-likeness (QED) is 0.503. The highest BCUT2D eigenvalue weighted by atomic mass is 16.5. The third kappa shape index (κ3) is 4.17. The van der Waals surface area contributed by atoms with Crippen LogP contribution in [0.15, 0.2) is 77.6 Å². The second kappa shape index (κ2) is 9.31. The molecule has 34 heavy (non-hydrogen) atoms. The van der Waals surface area contributed by atoms with Crippen LogP contribution < -0.4 is 20.1 Å². The molecule has 0 amide bonds. The zero-order chi connectivity index (χ0) is 23.7. The third-order valence-corrected chi connectivity index (χ3v) is 6.77. The predicted octanol–water partition coefficient (Wildman–Crippen LogP) is 3.00. The number of fused-ring (bicyclic) bond motifs is 1. The van der Waals surface area contributed by atoms with Gasteiger partial charge in [-0.3, -0.25) is 9.36 Å². The number of hydrogen-bond acceptors (Lipinski definition) is 4. The van der Waals surface area contributed by atoms with Gasteiger partial charge >= 0.3 is 0 Å². The van der Waals surface area contributed by atoms with E-state index in [0.29, 0.717) is 23.7 Å². The van der Waals surface area contributed by atoms with E-state index in [0.717, 1.165) is 36.7 Å². The molecular formula is C28H31N4O2+. The van der Waals surface area contributed by atoms with Crippen LogP contribution >= 0.6 is 0 Å². The lowest BCUT2D eigenvalue weighted by atomic mass is 10.1. The minimum absolute atomic E-state index is 0.0594. The maximum atomic E-state index is 13.6. The number of anilines is 1. The summed E-state index contributed by atoms with van der Waals surface area (Å²) < 4.78 is 7.34. The van der Waals surface area contributed by atoms with Crippen LogP contribution in [-0.4, -0.2) is 42.3 Å². The number of nitrogens with one attached hydrogen (secondary N) is 1. The first kappa shape index (κ1) is 22.2. The number of benzene rings is 3. The summed E-state index contributed by atoms with van der Waals surface area (Å²) >= 11 is 0. The first-order valence-electron chi connectivity index (χ1n) is 11.9. The van der Waals surface area contributed by atoms with E-state index >= 15 is 0 Å². The van der Waals surface area contributed by atoms with Crippen molar-refractivity contribution in [1.82, 2.24) is 9.55 Å². The molecular weight excluding hydrogens is 424 g/mol. The summed E-state index contributed by atoms with van der Waals surface area (Å²) in [7, 11) is 1.63. The predicted molar refractivity (Wildman–Crippen MR) is 136 cm³/mol. The highest BCUT2D eigenvalue weighted by Gasteiger charge is 2.28. The minimum Gasteiger partial charge on any atom is -0.495 e. The molecule has 1 saturated heterocycles. The second-order valence-corrected chi connectivity index (χ2v) is 9.12. The molecule has 1 aliphatic heterocycles. The number of aryl methyl sites for hydroxylation is 1. The number of piperazine rings is 1. The summed E-state index contributed by atoms with van der Waals surface area (Å²) in [4.78, 5) is 22.5. The summed E-state index contributed by atoms with van der Waals surface area (Å²) in [5.74, 6) is 1.43. The molecule has 6 nitrogen and oxygen atoms in total. The first-order chi connectivity index (χ1) is 16.5. The normalized spacial score (nSPS) is 18.3. The van der Waals surface area contributed by atoms with Gasteiger partial charge in [0.1, 0.15) is 12.3 Å². The summed E-state index contributed by atoms with van der Waals surface area (Å²) in [5.41, 5.74) is 3.95. The number of quaternary nitrogens is 1. The molecule has 4 aromatic rings. The lowest BCUT2D eigenvalue weighted by Gasteiger charge is -2.39. The van der Waals surface area contributed by atoms with Gasteiger partial charge in [-0.2, -0.15) is 0 Å². The lowest BCUT2D eigenvalue weighted by Crippen LogP contribution is -3.14. The molecule has 2 atom stereocenters. The van der Waals surface area contributed by atoms with Crippen molar-refractivity contribution in [3.8, 4) is 11.4 Å². The van der Waals surface area contributed by atoms with Crippen LogP contribution in [0.5, 0.6) is 5.75 Å². The maximum absolute atomic E-state index is 13.6. The van der Waals surface area contributed by atoms with Crippen molar-refractivity contribution in [2.75, 3.05) is 31.6 Å². The molecule has 6 heteroatoms. The smallest absolute Gasteiger partial charge is 0.266 e. The average Bonchev–Trinajstić information content (AvgIpc) is 2.85. The molecule has 0 radical (unpaired) electrons. The van der Waals surface area contributed by atoms with Gasteiger partial charge in [0.25, 0.3) is 5.56 Å². The topological polar surface area (TPSA) is 51.8 Å². The van der Waals surface area contributed by atoms with E-state index in [1.807, 2.05) is 48.5 Å². The van der Waals surface area contributed by atoms with Crippen LogP contribution in [0, 0.1) is 6.92 Å². The standard InChI is InChI=1S/C28H30N4O2/c1-20-12-14-22(15-13-20)31-17-16-30(18-21(31)2)19-27-29-24-9-5-4-8-23(24)28(33)32(27)25-10-6-7-11-26(25)34-3/h4-15,21H,16-19H2,1-3H3/p+1/t21-/m0/s1. The monoisotopic (exact) mass is 455 g/mol. The number of methoxy groups -OCH3 is 1. The fourth-order valence-electron chi connectivity index (χ4n) is 4.99. The molecule has 0 aliphatic carbocycles. The number of ether oxygens (including phenoxy) is 1. The fraction of sp³-hybridized carbons (Fsp3) is 0.286. The molecule has 1 N–H and O–H groups in total. The van der Waals surface area contributed by atoms with E-state index < -0.39 is 0 Å². The van der Waals surface area contributed by atoms with Crippen LogP contribution in [0.4, 0.5) is 5.69 Å².